The molecule has 0 saturated heterocycles. The van der Waals surface area contributed by atoms with Crippen molar-refractivity contribution in [2.45, 2.75) is 91.5 Å². The topological polar surface area (TPSA) is 168 Å². The fourth-order valence-corrected chi connectivity index (χ4v) is 9.23. The van der Waals surface area contributed by atoms with Gasteiger partial charge in [-0.05, 0) is 151 Å². The van der Waals surface area contributed by atoms with Crippen molar-refractivity contribution in [1.82, 2.24) is 19.8 Å². The molecule has 4 heterocycles. The molecule has 0 bridgehead atoms. The van der Waals surface area contributed by atoms with Crippen LogP contribution in [0.3, 0.4) is 0 Å². The lowest BCUT2D eigenvalue weighted by atomic mass is 9.91. The van der Waals surface area contributed by atoms with Gasteiger partial charge in [-0.2, -0.15) is 0 Å². The smallest absolute Gasteiger partial charge is 0.410 e. The van der Waals surface area contributed by atoms with Crippen molar-refractivity contribution in [1.29, 1.82) is 0 Å². The van der Waals surface area contributed by atoms with Crippen molar-refractivity contribution in [2.75, 3.05) is 74.9 Å². The second kappa shape index (κ2) is 24.0. The number of carbonyl (C=O) groups excluding carboxylic acids is 4. The number of hydrogen-bond donors (Lipinski definition) is 2. The second-order valence-electron chi connectivity index (χ2n) is 21.0. The number of pyridine rings is 2. The number of hydrogen-bond acceptors (Lipinski definition) is 14. The minimum Gasteiger partial charge on any atom is -0.465 e. The van der Waals surface area contributed by atoms with E-state index >= 15 is 0 Å². The number of benzene rings is 4. The number of carbonyl (C=O) groups is 4. The van der Waals surface area contributed by atoms with Crippen LogP contribution in [0.5, 0.6) is 0 Å². The first-order chi connectivity index (χ1) is 36.1. The molecule has 2 N–H and O–H groups in total. The van der Waals surface area contributed by atoms with Crippen LogP contribution in [0.4, 0.5) is 43.7 Å². The van der Waals surface area contributed by atoms with Gasteiger partial charge in [-0.1, -0.05) is 47.5 Å². The van der Waals surface area contributed by atoms with Crippen molar-refractivity contribution in [2.24, 2.45) is 0 Å². The van der Waals surface area contributed by atoms with Gasteiger partial charge in [-0.3, -0.25) is 19.8 Å². The maximum Gasteiger partial charge on any atom is 0.410 e. The van der Waals surface area contributed by atoms with Gasteiger partial charge in [-0.25, -0.2) is 19.2 Å². The van der Waals surface area contributed by atoms with E-state index in [1.54, 1.807) is 46.7 Å². The van der Waals surface area contributed by atoms with Crippen LogP contribution in [0.25, 0.3) is 0 Å². The Morgan fingerprint density at radius 2 is 0.908 bits per heavy atom. The number of rotatable bonds is 12. The highest BCUT2D eigenvalue weighted by atomic mass is 16.6. The molecule has 2 aromatic heterocycles. The fourth-order valence-electron chi connectivity index (χ4n) is 9.23. The second-order valence-corrected chi connectivity index (χ2v) is 21.0. The molecule has 6 aromatic rings. The van der Waals surface area contributed by atoms with E-state index in [1.807, 2.05) is 41.5 Å². The maximum absolute atomic E-state index is 13.2. The van der Waals surface area contributed by atoms with Crippen LogP contribution >= 0.6 is 0 Å². The molecule has 2 atom stereocenters. The molecule has 2 aliphatic heterocycles. The third kappa shape index (κ3) is 13.8. The molecule has 0 radical (unpaired) electrons. The first-order valence-corrected chi connectivity index (χ1v) is 25.5. The number of methoxy groups -OCH3 is 2. The average Bonchev–Trinajstić information content (AvgIpc) is 3.42. The Morgan fingerprint density at radius 3 is 1.25 bits per heavy atom. The molecule has 400 valence electrons. The van der Waals surface area contributed by atoms with E-state index < -0.39 is 23.1 Å². The van der Waals surface area contributed by atoms with E-state index in [1.165, 1.54) is 36.5 Å². The van der Waals surface area contributed by atoms with Crippen LogP contribution in [0.15, 0.2) is 122 Å². The molecule has 0 aliphatic carbocycles. The summed E-state index contributed by atoms with van der Waals surface area (Å²) >= 11 is 0. The van der Waals surface area contributed by atoms with Crippen LogP contribution in [-0.2, 0) is 31.8 Å². The minimum atomic E-state index is -0.614. The lowest BCUT2D eigenvalue weighted by molar-refractivity contribution is 0.0143. The predicted octanol–water partition coefficient (Wildman–Crippen LogP) is 11.8. The van der Waals surface area contributed by atoms with Crippen LogP contribution < -0.4 is 20.4 Å². The van der Waals surface area contributed by atoms with Gasteiger partial charge in [0.15, 0.2) is 0 Å². The molecule has 0 spiro atoms. The number of ether oxygens (including phenoxy) is 4. The van der Waals surface area contributed by atoms with Crippen molar-refractivity contribution >= 4 is 58.2 Å². The molecule has 0 saturated carbocycles. The van der Waals surface area contributed by atoms with Crippen molar-refractivity contribution in [3.63, 3.8) is 0 Å². The standard InChI is InChI=1S/2C30H36N4O4/c2*1-20-7-9-22(10-8-20)33(5)23-11-12-24-21(17-23)14-16-34(29(36)38-30(2,3)4)27(24)19-32-26-18-31-15-13-25(26)28(35)37-6/h2*7-13,15,17-18,27,32H,14,16,19H2,1-6H3/t2*27-/m10/s1. The molecular formula is C60H72N8O8. The summed E-state index contributed by atoms with van der Waals surface area (Å²) in [6.07, 6.45) is 6.96. The number of nitrogens with zero attached hydrogens (tertiary/aromatic N) is 6. The Bertz CT molecular complexity index is 2800. The van der Waals surface area contributed by atoms with Gasteiger partial charge in [0.2, 0.25) is 0 Å². The summed E-state index contributed by atoms with van der Waals surface area (Å²) in [5, 5.41) is 6.66. The lowest BCUT2D eigenvalue weighted by Crippen LogP contribution is -2.45. The molecule has 4 aromatic carbocycles. The maximum atomic E-state index is 13.2. The number of nitrogens with one attached hydrogen (secondary N) is 2. The molecule has 8 rings (SSSR count). The number of aryl methyl sites for hydroxylation is 2. The molecule has 0 unspecified atom stereocenters. The summed E-state index contributed by atoms with van der Waals surface area (Å²) in [6, 6.07) is 32.2. The summed E-state index contributed by atoms with van der Waals surface area (Å²) < 4.78 is 21.3. The van der Waals surface area contributed by atoms with Crippen LogP contribution in [-0.4, -0.2) is 110 Å². The van der Waals surface area contributed by atoms with Crippen molar-refractivity contribution in [3.8, 4) is 0 Å². The molecule has 16 heteroatoms. The summed E-state index contributed by atoms with van der Waals surface area (Å²) in [7, 11) is 6.80. The van der Waals surface area contributed by atoms with E-state index in [0.29, 0.717) is 61.5 Å². The number of anilines is 6. The zero-order valence-electron chi connectivity index (χ0n) is 45.9. The molecule has 76 heavy (non-hydrogen) atoms. The normalized spacial score (nSPS) is 14.9. The molecule has 2 amide bonds. The molecule has 2 aliphatic rings. The highest BCUT2D eigenvalue weighted by Gasteiger charge is 2.36. The van der Waals surface area contributed by atoms with E-state index in [-0.39, 0.29) is 24.3 Å². The Labute approximate surface area is 447 Å². The van der Waals surface area contributed by atoms with Crippen LogP contribution in [0.2, 0.25) is 0 Å². The van der Waals surface area contributed by atoms with Gasteiger partial charge >= 0.3 is 24.1 Å². The average molecular weight is 1030 g/mol. The van der Waals surface area contributed by atoms with Gasteiger partial charge in [0.05, 0.1) is 61.2 Å². The summed E-state index contributed by atoms with van der Waals surface area (Å²) in [5.74, 6) is -0.904. The largest absolute Gasteiger partial charge is 0.465 e. The van der Waals surface area contributed by atoms with E-state index in [0.717, 1.165) is 33.9 Å². The first kappa shape index (κ1) is 55.6. The quantitative estimate of drug-likeness (QED) is 0.0877. The van der Waals surface area contributed by atoms with Gasteiger partial charge in [0, 0.05) is 75.4 Å². The molecule has 16 nitrogen and oxygen atoms in total. The zero-order valence-corrected chi connectivity index (χ0v) is 45.9. The number of amides is 2. The number of aromatic nitrogens is 2. The Morgan fingerprint density at radius 1 is 0.553 bits per heavy atom. The predicted molar refractivity (Wildman–Crippen MR) is 298 cm³/mol. The Balaban J connectivity index is 0.000000221. The molecular weight excluding hydrogens is 961 g/mol. The number of esters is 2. The summed E-state index contributed by atoms with van der Waals surface area (Å²) in [5.41, 5.74) is 11.9. The van der Waals surface area contributed by atoms with Gasteiger partial charge in [0.25, 0.3) is 0 Å². The van der Waals surface area contributed by atoms with E-state index in [4.69, 9.17) is 18.9 Å². The lowest BCUT2D eigenvalue weighted by Gasteiger charge is -2.39. The van der Waals surface area contributed by atoms with Crippen LogP contribution in [0, 0.1) is 13.8 Å². The zero-order chi connectivity index (χ0) is 54.9. The Hall–Kier alpha value is -8.14. The van der Waals surface area contributed by atoms with Crippen molar-refractivity contribution in [3.05, 3.63) is 166 Å². The summed E-state index contributed by atoms with van der Waals surface area (Å²) in [6.45, 7) is 17.1. The third-order valence-electron chi connectivity index (χ3n) is 13.3. The van der Waals surface area contributed by atoms with E-state index in [9.17, 15) is 19.2 Å². The Kier molecular flexibility index (Phi) is 17.6. The highest BCUT2D eigenvalue weighted by molar-refractivity contribution is 5.96. The van der Waals surface area contributed by atoms with Gasteiger partial charge in [0.1, 0.15) is 11.2 Å². The SMILES string of the molecule is COC(=O)c1ccncc1NC[C@@H]1c2ccc(N(C)c3ccc(C)cc3)cc2CCN1C(=O)OC(C)(C)C.COC(=O)c1ccncc1NC[C@H]1c2ccc(N(C)c3ccc(C)cc3)cc2CCN1C(=O)OC(C)(C)C. The summed E-state index contributed by atoms with van der Waals surface area (Å²) in [4.78, 5) is 67.2. The molecule has 0 fully saturated rings. The van der Waals surface area contributed by atoms with Gasteiger partial charge in [-0.15, -0.1) is 0 Å². The van der Waals surface area contributed by atoms with E-state index in [2.05, 4.69) is 143 Å². The van der Waals surface area contributed by atoms with Gasteiger partial charge < -0.3 is 39.4 Å². The first-order valence-electron chi connectivity index (χ1n) is 25.5. The third-order valence-corrected chi connectivity index (χ3v) is 13.3. The van der Waals surface area contributed by atoms with Crippen molar-refractivity contribution < 1.29 is 38.1 Å². The minimum absolute atomic E-state index is 0.307. The number of fused-ring (bicyclic) bond motifs is 2. The fraction of sp³-hybridized carbons (Fsp3) is 0.367. The monoisotopic (exact) mass is 1030 g/mol. The highest BCUT2D eigenvalue weighted by Crippen LogP contribution is 2.38. The van der Waals surface area contributed by atoms with Crippen LogP contribution in [0.1, 0.15) is 108 Å².